The van der Waals surface area contributed by atoms with E-state index in [2.05, 4.69) is 48.2 Å². The number of likely N-dealkylation sites (N-methyl/N-ethyl adjacent to an activating group) is 2. The molecular formula is C14H23N3. The Balaban J connectivity index is 2.13. The molecule has 3 nitrogen and oxygen atoms in total. The highest BCUT2D eigenvalue weighted by atomic mass is 15.2. The second-order valence-electron chi connectivity index (χ2n) is 5.10. The van der Waals surface area contributed by atoms with Crippen LogP contribution >= 0.6 is 0 Å². The summed E-state index contributed by atoms with van der Waals surface area (Å²) in [7, 11) is 4.37. The van der Waals surface area contributed by atoms with E-state index in [9.17, 15) is 0 Å². The summed E-state index contributed by atoms with van der Waals surface area (Å²) in [5, 5.41) is 0. The first-order valence-electron chi connectivity index (χ1n) is 6.38. The molecule has 0 radical (unpaired) electrons. The van der Waals surface area contributed by atoms with E-state index < -0.39 is 0 Å². The maximum Gasteiger partial charge on any atom is 0.0465 e. The molecule has 0 amide bonds. The maximum atomic E-state index is 6.42. The quantitative estimate of drug-likeness (QED) is 0.836. The first-order chi connectivity index (χ1) is 8.18. The van der Waals surface area contributed by atoms with Crippen molar-refractivity contribution in [1.29, 1.82) is 0 Å². The molecule has 2 unspecified atom stereocenters. The van der Waals surface area contributed by atoms with Crippen LogP contribution in [0, 0.1) is 0 Å². The molecule has 1 aliphatic rings. The number of nitrogens with zero attached hydrogens (tertiary/aromatic N) is 2. The lowest BCUT2D eigenvalue weighted by atomic mass is 9.99. The molecule has 0 aliphatic carbocycles. The van der Waals surface area contributed by atoms with E-state index in [0.717, 1.165) is 13.1 Å². The van der Waals surface area contributed by atoms with Crippen LogP contribution in [0.15, 0.2) is 30.3 Å². The lowest BCUT2D eigenvalue weighted by Crippen LogP contribution is -2.45. The second kappa shape index (κ2) is 5.63. The molecular weight excluding hydrogens is 210 g/mol. The lowest BCUT2D eigenvalue weighted by Gasteiger charge is -2.32. The molecule has 2 N–H and O–H groups in total. The van der Waals surface area contributed by atoms with Crippen molar-refractivity contribution >= 4 is 0 Å². The highest BCUT2D eigenvalue weighted by Gasteiger charge is 2.26. The van der Waals surface area contributed by atoms with Crippen molar-refractivity contribution in [2.45, 2.75) is 18.5 Å². The predicted molar refractivity (Wildman–Crippen MR) is 71.9 cm³/mol. The molecule has 1 aromatic rings. The van der Waals surface area contributed by atoms with Crippen LogP contribution in [-0.4, -0.2) is 49.6 Å². The Bertz CT molecular complexity index is 339. The van der Waals surface area contributed by atoms with Gasteiger partial charge in [-0.1, -0.05) is 30.3 Å². The van der Waals surface area contributed by atoms with Gasteiger partial charge in [-0.25, -0.2) is 0 Å². The van der Waals surface area contributed by atoms with E-state index in [1.165, 1.54) is 18.5 Å². The summed E-state index contributed by atoms with van der Waals surface area (Å²) in [4.78, 5) is 4.79. The van der Waals surface area contributed by atoms with Crippen molar-refractivity contribution in [1.82, 2.24) is 9.80 Å². The van der Waals surface area contributed by atoms with Crippen molar-refractivity contribution in [3.63, 3.8) is 0 Å². The van der Waals surface area contributed by atoms with Crippen LogP contribution in [0.5, 0.6) is 0 Å². The van der Waals surface area contributed by atoms with Gasteiger partial charge in [0.2, 0.25) is 0 Å². The maximum absolute atomic E-state index is 6.42. The molecule has 0 spiro atoms. The van der Waals surface area contributed by atoms with Gasteiger partial charge in [0, 0.05) is 18.6 Å². The summed E-state index contributed by atoms with van der Waals surface area (Å²) in [6.45, 7) is 3.35. The minimum Gasteiger partial charge on any atom is -0.323 e. The van der Waals surface area contributed by atoms with Gasteiger partial charge in [-0.3, -0.25) is 0 Å². The summed E-state index contributed by atoms with van der Waals surface area (Å²) >= 11 is 0. The van der Waals surface area contributed by atoms with Crippen molar-refractivity contribution in [3.05, 3.63) is 35.9 Å². The Labute approximate surface area is 104 Å². The third kappa shape index (κ3) is 3.06. The summed E-state index contributed by atoms with van der Waals surface area (Å²) in [6, 6.07) is 10.9. The fourth-order valence-corrected chi connectivity index (χ4v) is 2.59. The third-order valence-electron chi connectivity index (χ3n) is 3.71. The largest absolute Gasteiger partial charge is 0.323 e. The second-order valence-corrected chi connectivity index (χ2v) is 5.10. The van der Waals surface area contributed by atoms with Crippen LogP contribution in [0.2, 0.25) is 0 Å². The van der Waals surface area contributed by atoms with Gasteiger partial charge in [-0.15, -0.1) is 0 Å². The average molecular weight is 233 g/mol. The van der Waals surface area contributed by atoms with Crippen LogP contribution in [0.4, 0.5) is 0 Å². The van der Waals surface area contributed by atoms with Crippen LogP contribution in [0.1, 0.15) is 18.0 Å². The summed E-state index contributed by atoms with van der Waals surface area (Å²) in [5.41, 5.74) is 7.66. The molecule has 1 aliphatic heterocycles. The van der Waals surface area contributed by atoms with Gasteiger partial charge in [0.25, 0.3) is 0 Å². The molecule has 1 aromatic carbocycles. The Kier molecular flexibility index (Phi) is 4.15. The summed E-state index contributed by atoms with van der Waals surface area (Å²) in [5.74, 6) is 0. The van der Waals surface area contributed by atoms with Gasteiger partial charge in [-0.05, 0) is 39.2 Å². The highest BCUT2D eigenvalue weighted by Crippen LogP contribution is 2.20. The fraction of sp³-hybridized carbons (Fsp3) is 0.571. The highest BCUT2D eigenvalue weighted by molar-refractivity contribution is 5.20. The van der Waals surface area contributed by atoms with E-state index in [4.69, 9.17) is 5.73 Å². The van der Waals surface area contributed by atoms with Gasteiger partial charge in [0.15, 0.2) is 0 Å². The molecule has 94 valence electrons. The van der Waals surface area contributed by atoms with Crippen molar-refractivity contribution < 1.29 is 0 Å². The Morgan fingerprint density at radius 1 is 1.18 bits per heavy atom. The molecule has 2 rings (SSSR count). The molecule has 1 heterocycles. The topological polar surface area (TPSA) is 32.5 Å². The first kappa shape index (κ1) is 12.6. The standard InChI is InChI=1S/C14H23N3/c1-16-9-6-10-17(2)13(11-16)14(15)12-7-4-3-5-8-12/h3-5,7-8,13-14H,6,9-11,15H2,1-2H3. The monoisotopic (exact) mass is 233 g/mol. The van der Waals surface area contributed by atoms with Crippen LogP contribution in [0.3, 0.4) is 0 Å². The van der Waals surface area contributed by atoms with Crippen LogP contribution in [0.25, 0.3) is 0 Å². The first-order valence-corrected chi connectivity index (χ1v) is 6.38. The average Bonchev–Trinajstić information content (AvgIpc) is 2.51. The zero-order valence-corrected chi connectivity index (χ0v) is 10.8. The number of hydrogen-bond donors (Lipinski definition) is 1. The van der Waals surface area contributed by atoms with Gasteiger partial charge in [0.05, 0.1) is 0 Å². The fourth-order valence-electron chi connectivity index (χ4n) is 2.59. The Morgan fingerprint density at radius 2 is 1.88 bits per heavy atom. The van der Waals surface area contributed by atoms with Gasteiger partial charge in [0.1, 0.15) is 0 Å². The predicted octanol–water partition coefficient (Wildman–Crippen LogP) is 1.32. The van der Waals surface area contributed by atoms with Crippen LogP contribution in [-0.2, 0) is 0 Å². The smallest absolute Gasteiger partial charge is 0.0465 e. The van der Waals surface area contributed by atoms with Gasteiger partial charge in [-0.2, -0.15) is 0 Å². The molecule has 1 fully saturated rings. The SMILES string of the molecule is CN1CCCN(C)C(C(N)c2ccccc2)C1. The molecule has 3 heteroatoms. The lowest BCUT2D eigenvalue weighted by molar-refractivity contribution is 0.196. The zero-order valence-electron chi connectivity index (χ0n) is 10.8. The molecule has 0 bridgehead atoms. The zero-order chi connectivity index (χ0) is 12.3. The Hall–Kier alpha value is -0.900. The minimum absolute atomic E-state index is 0.0988. The number of rotatable bonds is 2. The number of hydrogen-bond acceptors (Lipinski definition) is 3. The Morgan fingerprint density at radius 3 is 2.59 bits per heavy atom. The minimum atomic E-state index is 0.0988. The van der Waals surface area contributed by atoms with Gasteiger partial charge >= 0.3 is 0 Å². The van der Waals surface area contributed by atoms with Crippen molar-refractivity contribution in [2.24, 2.45) is 5.73 Å². The summed E-state index contributed by atoms with van der Waals surface area (Å²) in [6.07, 6.45) is 1.23. The number of nitrogens with two attached hydrogens (primary N) is 1. The molecule has 2 atom stereocenters. The van der Waals surface area contributed by atoms with Gasteiger partial charge < -0.3 is 15.5 Å². The van der Waals surface area contributed by atoms with Crippen LogP contribution < -0.4 is 5.73 Å². The third-order valence-corrected chi connectivity index (χ3v) is 3.71. The summed E-state index contributed by atoms with van der Waals surface area (Å²) < 4.78 is 0. The molecule has 17 heavy (non-hydrogen) atoms. The van der Waals surface area contributed by atoms with E-state index in [0.29, 0.717) is 6.04 Å². The molecule has 0 saturated carbocycles. The van der Waals surface area contributed by atoms with E-state index in [1.807, 2.05) is 6.07 Å². The molecule has 0 aromatic heterocycles. The normalized spacial score (nSPS) is 25.5. The molecule has 1 saturated heterocycles. The van der Waals surface area contributed by atoms with Crippen molar-refractivity contribution in [2.75, 3.05) is 33.7 Å². The number of benzene rings is 1. The van der Waals surface area contributed by atoms with Crippen molar-refractivity contribution in [3.8, 4) is 0 Å². The van der Waals surface area contributed by atoms with E-state index in [-0.39, 0.29) is 6.04 Å². The van der Waals surface area contributed by atoms with E-state index in [1.54, 1.807) is 0 Å². The van der Waals surface area contributed by atoms with E-state index >= 15 is 0 Å².